The molecule has 11 rings (SSSR count). The van der Waals surface area contributed by atoms with Gasteiger partial charge in [-0.2, -0.15) is 0 Å². The van der Waals surface area contributed by atoms with Crippen molar-refractivity contribution in [3.8, 4) is 56.7 Å². The van der Waals surface area contributed by atoms with Crippen molar-refractivity contribution < 1.29 is 0 Å². The molecule has 0 amide bonds. The molecule has 0 aliphatic carbocycles. The molecule has 62 heavy (non-hydrogen) atoms. The van der Waals surface area contributed by atoms with Crippen molar-refractivity contribution in [3.63, 3.8) is 0 Å². The Labute approximate surface area is 359 Å². The van der Waals surface area contributed by atoms with Crippen LogP contribution in [0.25, 0.3) is 84.0 Å². The van der Waals surface area contributed by atoms with Crippen molar-refractivity contribution in [1.82, 2.24) is 29.1 Å². The Morgan fingerprint density at radius 1 is 0.484 bits per heavy atom. The van der Waals surface area contributed by atoms with E-state index in [1.165, 1.54) is 21.8 Å². The number of hydrogen-bond donors (Lipinski definition) is 0. The third kappa shape index (κ3) is 6.68. The molecule has 0 bridgehead atoms. The lowest BCUT2D eigenvalue weighted by Gasteiger charge is -2.26. The highest BCUT2D eigenvalue weighted by atomic mass is 15.3. The van der Waals surface area contributed by atoms with Crippen molar-refractivity contribution in [3.05, 3.63) is 225 Å². The molecule has 0 fully saturated rings. The Morgan fingerprint density at radius 2 is 1.06 bits per heavy atom. The molecular weight excluding hydrogens is 759 g/mol. The molecule has 7 aromatic carbocycles. The van der Waals surface area contributed by atoms with E-state index in [1.54, 1.807) is 0 Å². The molecule has 0 saturated carbocycles. The minimum atomic E-state index is 0.608. The van der Waals surface area contributed by atoms with E-state index < -0.39 is 0 Å². The lowest BCUT2D eigenvalue weighted by atomic mass is 9.96. The second-order valence-corrected chi connectivity index (χ2v) is 15.3. The normalized spacial score (nSPS) is 13.7. The highest BCUT2D eigenvalue weighted by molar-refractivity contribution is 6.10. The average Bonchev–Trinajstić information content (AvgIpc) is 3.97. The van der Waals surface area contributed by atoms with Gasteiger partial charge >= 0.3 is 0 Å². The largest absolute Gasteiger partial charge is 0.309 e. The zero-order valence-electron chi connectivity index (χ0n) is 33.8. The summed E-state index contributed by atoms with van der Waals surface area (Å²) in [5.74, 6) is 2.66. The standard InChI is InChI=1S/C55H39N7/c1-38-16-6-5-15-34-61(49-31-27-42(36-47(38)49)43-28-32-51-48(37-43)46-23-13-14-24-50(46)62(51)45-21-11-4-12-22-45)55-56-33-35-60(55)44-29-25-41(26-30-44)54-58-52(39-17-7-2-8-18-39)57-53(59-54)40-19-9-3-10-20-40/h2-33,35-37H,1,34H2/b15-5-,16-6-. The Hall–Kier alpha value is -8.42. The third-order valence-electron chi connectivity index (χ3n) is 11.5. The highest BCUT2D eigenvalue weighted by Crippen LogP contribution is 2.39. The lowest BCUT2D eigenvalue weighted by Crippen LogP contribution is -2.22. The lowest BCUT2D eigenvalue weighted by molar-refractivity contribution is 0.947. The molecule has 1 aliphatic heterocycles. The summed E-state index contributed by atoms with van der Waals surface area (Å²) in [5, 5.41) is 2.44. The predicted molar refractivity (Wildman–Crippen MR) is 254 cm³/mol. The predicted octanol–water partition coefficient (Wildman–Crippen LogP) is 13.1. The number of fused-ring (bicyclic) bond motifs is 4. The van der Waals surface area contributed by atoms with E-state index in [0.717, 1.165) is 62.0 Å². The zero-order chi connectivity index (χ0) is 41.4. The average molecular weight is 798 g/mol. The maximum absolute atomic E-state index is 4.95. The van der Waals surface area contributed by atoms with E-state index in [0.29, 0.717) is 24.0 Å². The van der Waals surface area contributed by atoms with E-state index in [4.69, 9.17) is 19.9 Å². The molecule has 4 heterocycles. The van der Waals surface area contributed by atoms with Gasteiger partial charge < -0.3 is 9.47 Å². The fraction of sp³-hybridized carbons (Fsp3) is 0.0182. The summed E-state index contributed by atoms with van der Waals surface area (Å²) in [6.07, 6.45) is 12.2. The Balaban J connectivity index is 0.958. The van der Waals surface area contributed by atoms with Gasteiger partial charge in [-0.05, 0) is 83.4 Å². The maximum Gasteiger partial charge on any atom is 0.215 e. The number of aromatic nitrogens is 6. The summed E-state index contributed by atoms with van der Waals surface area (Å²) in [4.78, 5) is 22.0. The molecule has 1 aliphatic rings. The van der Waals surface area contributed by atoms with E-state index in [2.05, 4.69) is 160 Å². The minimum absolute atomic E-state index is 0.608. The monoisotopic (exact) mass is 797 g/mol. The van der Waals surface area contributed by atoms with Crippen LogP contribution in [-0.4, -0.2) is 35.6 Å². The number of rotatable bonds is 7. The molecule has 0 spiro atoms. The number of anilines is 2. The molecule has 3 aromatic heterocycles. The van der Waals surface area contributed by atoms with E-state index in [9.17, 15) is 0 Å². The van der Waals surface area contributed by atoms with Crippen LogP contribution in [-0.2, 0) is 0 Å². The number of hydrogen-bond acceptors (Lipinski definition) is 5. The second kappa shape index (κ2) is 15.6. The van der Waals surface area contributed by atoms with Crippen molar-refractivity contribution >= 4 is 39.0 Å². The second-order valence-electron chi connectivity index (χ2n) is 15.3. The maximum atomic E-state index is 4.95. The van der Waals surface area contributed by atoms with Crippen molar-refractivity contribution in [2.24, 2.45) is 0 Å². The van der Waals surface area contributed by atoms with Gasteiger partial charge in [0, 0.05) is 63.3 Å². The molecule has 294 valence electrons. The van der Waals surface area contributed by atoms with Gasteiger partial charge in [-0.1, -0.05) is 140 Å². The topological polar surface area (TPSA) is 64.7 Å². The summed E-state index contributed by atoms with van der Waals surface area (Å²) in [6.45, 7) is 5.16. The van der Waals surface area contributed by atoms with E-state index >= 15 is 0 Å². The number of allylic oxidation sites excluding steroid dienone is 4. The molecule has 7 heteroatoms. The fourth-order valence-electron chi connectivity index (χ4n) is 8.42. The van der Waals surface area contributed by atoms with Crippen LogP contribution in [0.4, 0.5) is 11.6 Å². The minimum Gasteiger partial charge on any atom is -0.309 e. The highest BCUT2D eigenvalue weighted by Gasteiger charge is 2.21. The number of nitrogens with zero attached hydrogens (tertiary/aromatic N) is 7. The van der Waals surface area contributed by atoms with Gasteiger partial charge in [0.1, 0.15) is 0 Å². The van der Waals surface area contributed by atoms with Gasteiger partial charge in [-0.15, -0.1) is 0 Å². The van der Waals surface area contributed by atoms with E-state index in [1.807, 2.05) is 73.1 Å². The molecular formula is C55H39N7. The zero-order valence-corrected chi connectivity index (χ0v) is 33.8. The van der Waals surface area contributed by atoms with Crippen LogP contribution in [0.1, 0.15) is 5.56 Å². The fourth-order valence-corrected chi connectivity index (χ4v) is 8.42. The first-order valence-electron chi connectivity index (χ1n) is 20.7. The van der Waals surface area contributed by atoms with Crippen LogP contribution in [0.2, 0.25) is 0 Å². The van der Waals surface area contributed by atoms with Crippen LogP contribution < -0.4 is 4.90 Å². The molecule has 0 atom stereocenters. The number of para-hydroxylation sites is 2. The van der Waals surface area contributed by atoms with Crippen LogP contribution in [0, 0.1) is 0 Å². The Bertz CT molecular complexity index is 3270. The quantitative estimate of drug-likeness (QED) is 0.161. The molecule has 10 aromatic rings. The number of imidazole rings is 1. The number of benzene rings is 7. The van der Waals surface area contributed by atoms with Gasteiger partial charge in [0.05, 0.1) is 16.7 Å². The van der Waals surface area contributed by atoms with Crippen LogP contribution in [0.5, 0.6) is 0 Å². The molecule has 0 saturated heterocycles. The molecule has 0 unspecified atom stereocenters. The van der Waals surface area contributed by atoms with Gasteiger partial charge in [0.15, 0.2) is 17.5 Å². The van der Waals surface area contributed by atoms with Crippen LogP contribution in [0.15, 0.2) is 219 Å². The molecule has 7 nitrogen and oxygen atoms in total. The first-order chi connectivity index (χ1) is 30.7. The third-order valence-corrected chi connectivity index (χ3v) is 11.5. The van der Waals surface area contributed by atoms with Crippen LogP contribution in [0.3, 0.4) is 0 Å². The summed E-state index contributed by atoms with van der Waals surface area (Å²) in [6, 6.07) is 61.1. The van der Waals surface area contributed by atoms with Crippen molar-refractivity contribution in [2.45, 2.75) is 0 Å². The SMILES string of the molecule is C=C1/C=C\C=C/CN(c2nccn2-c2ccc(-c3nc(-c4ccccc4)nc(-c4ccccc4)n3)cc2)c2ccc(-c3ccc4c(c3)c3ccccc3n4-c3ccccc3)cc21. The summed E-state index contributed by atoms with van der Waals surface area (Å²) >= 11 is 0. The summed E-state index contributed by atoms with van der Waals surface area (Å²) in [5.41, 5.74) is 12.5. The van der Waals surface area contributed by atoms with Gasteiger partial charge in [-0.25, -0.2) is 19.9 Å². The Morgan fingerprint density at radius 3 is 1.77 bits per heavy atom. The first kappa shape index (κ1) is 36.6. The summed E-state index contributed by atoms with van der Waals surface area (Å²) in [7, 11) is 0. The smallest absolute Gasteiger partial charge is 0.215 e. The summed E-state index contributed by atoms with van der Waals surface area (Å²) < 4.78 is 4.47. The van der Waals surface area contributed by atoms with Crippen LogP contribution >= 0.6 is 0 Å². The van der Waals surface area contributed by atoms with E-state index in [-0.39, 0.29) is 0 Å². The van der Waals surface area contributed by atoms with Gasteiger partial charge in [0.2, 0.25) is 5.95 Å². The van der Waals surface area contributed by atoms with Gasteiger partial charge in [-0.3, -0.25) is 4.57 Å². The molecule has 0 radical (unpaired) electrons. The van der Waals surface area contributed by atoms with Crippen molar-refractivity contribution in [2.75, 3.05) is 11.4 Å². The first-order valence-corrected chi connectivity index (χ1v) is 20.7. The molecule has 0 N–H and O–H groups in total. The van der Waals surface area contributed by atoms with Crippen molar-refractivity contribution in [1.29, 1.82) is 0 Å². The van der Waals surface area contributed by atoms with Gasteiger partial charge in [0.25, 0.3) is 0 Å². The Kier molecular flexibility index (Phi) is 9.24.